The molecule has 3 nitrogen and oxygen atoms in total. The number of carboxylic acids is 1. The topological polar surface area (TPSA) is 57.5 Å². The van der Waals surface area contributed by atoms with Gasteiger partial charge in [0.2, 0.25) is 0 Å². The molecule has 0 aliphatic rings. The highest BCUT2D eigenvalue weighted by molar-refractivity contribution is 5.67. The smallest absolute Gasteiger partial charge is 0.303 e. The third kappa shape index (κ3) is 4.28. The Morgan fingerprint density at radius 2 is 1.89 bits per heavy atom. The molecule has 0 fully saturated rings. The SMILES string of the molecule is Cc1cc(F)c(C(O)CC(C)(C)CC(=O)O)cc1F. The maximum absolute atomic E-state index is 13.7. The molecule has 0 aliphatic heterocycles. The number of aliphatic hydroxyl groups is 1. The molecule has 1 rings (SSSR count). The van der Waals surface area contributed by atoms with E-state index in [2.05, 4.69) is 0 Å². The van der Waals surface area contributed by atoms with Gasteiger partial charge in [0.05, 0.1) is 12.5 Å². The van der Waals surface area contributed by atoms with Crippen LogP contribution in [0.25, 0.3) is 0 Å². The lowest BCUT2D eigenvalue weighted by Gasteiger charge is -2.26. The largest absolute Gasteiger partial charge is 0.481 e. The monoisotopic (exact) mass is 272 g/mol. The molecule has 0 heterocycles. The molecule has 1 unspecified atom stereocenters. The van der Waals surface area contributed by atoms with Gasteiger partial charge in [-0.1, -0.05) is 13.8 Å². The van der Waals surface area contributed by atoms with Crippen molar-refractivity contribution in [1.82, 2.24) is 0 Å². The Balaban J connectivity index is 2.92. The van der Waals surface area contributed by atoms with Crippen LogP contribution in [-0.2, 0) is 4.79 Å². The molecule has 0 bridgehead atoms. The normalized spacial score (nSPS) is 13.4. The third-order valence-corrected chi connectivity index (χ3v) is 3.01. The Labute approximate surface area is 110 Å². The van der Waals surface area contributed by atoms with Gasteiger partial charge in [-0.3, -0.25) is 4.79 Å². The number of aliphatic hydroxyl groups excluding tert-OH is 1. The second kappa shape index (κ2) is 5.65. The van der Waals surface area contributed by atoms with Crippen molar-refractivity contribution in [2.75, 3.05) is 0 Å². The summed E-state index contributed by atoms with van der Waals surface area (Å²) in [5.74, 6) is -2.27. The first-order valence-electron chi connectivity index (χ1n) is 5.98. The third-order valence-electron chi connectivity index (χ3n) is 3.01. The van der Waals surface area contributed by atoms with E-state index < -0.39 is 29.1 Å². The van der Waals surface area contributed by atoms with Gasteiger partial charge in [0.1, 0.15) is 11.6 Å². The highest BCUT2D eigenvalue weighted by atomic mass is 19.1. The van der Waals surface area contributed by atoms with Crippen molar-refractivity contribution in [3.8, 4) is 0 Å². The van der Waals surface area contributed by atoms with Crippen molar-refractivity contribution in [3.63, 3.8) is 0 Å². The van der Waals surface area contributed by atoms with Crippen LogP contribution in [-0.4, -0.2) is 16.2 Å². The second-order valence-electron chi connectivity index (χ2n) is 5.58. The summed E-state index contributed by atoms with van der Waals surface area (Å²) in [7, 11) is 0. The maximum Gasteiger partial charge on any atom is 0.303 e. The minimum Gasteiger partial charge on any atom is -0.481 e. The predicted molar refractivity (Wildman–Crippen MR) is 66.7 cm³/mol. The van der Waals surface area contributed by atoms with Gasteiger partial charge in [0.15, 0.2) is 0 Å². The van der Waals surface area contributed by atoms with Gasteiger partial charge in [0, 0.05) is 5.56 Å². The highest BCUT2D eigenvalue weighted by Crippen LogP contribution is 2.34. The molecule has 0 amide bonds. The molecule has 1 aromatic rings. The van der Waals surface area contributed by atoms with Crippen molar-refractivity contribution in [2.24, 2.45) is 5.41 Å². The fourth-order valence-corrected chi connectivity index (χ4v) is 2.03. The number of carboxylic acid groups (broad SMARTS) is 1. The first kappa shape index (κ1) is 15.6. The molecule has 0 radical (unpaired) electrons. The number of benzene rings is 1. The molecule has 0 saturated heterocycles. The summed E-state index contributed by atoms with van der Waals surface area (Å²) in [5.41, 5.74) is -0.682. The first-order valence-corrected chi connectivity index (χ1v) is 5.98. The summed E-state index contributed by atoms with van der Waals surface area (Å²) in [6, 6.07) is 1.99. The Morgan fingerprint density at radius 1 is 1.32 bits per heavy atom. The van der Waals surface area contributed by atoms with Gasteiger partial charge in [0.25, 0.3) is 0 Å². The van der Waals surface area contributed by atoms with Crippen molar-refractivity contribution in [1.29, 1.82) is 0 Å². The molecule has 5 heteroatoms. The summed E-state index contributed by atoms with van der Waals surface area (Å²) in [5, 5.41) is 18.7. The van der Waals surface area contributed by atoms with Crippen LogP contribution in [0.4, 0.5) is 8.78 Å². The van der Waals surface area contributed by atoms with Crippen LogP contribution in [0, 0.1) is 24.0 Å². The van der Waals surface area contributed by atoms with Crippen LogP contribution in [0.1, 0.15) is 43.9 Å². The van der Waals surface area contributed by atoms with Gasteiger partial charge < -0.3 is 10.2 Å². The summed E-state index contributed by atoms with van der Waals surface area (Å²) >= 11 is 0. The Bertz CT molecular complexity index is 484. The summed E-state index contributed by atoms with van der Waals surface area (Å²) < 4.78 is 27.1. The molecule has 1 aromatic carbocycles. The van der Waals surface area contributed by atoms with E-state index >= 15 is 0 Å². The number of aryl methyl sites for hydroxylation is 1. The summed E-state index contributed by atoms with van der Waals surface area (Å²) in [4.78, 5) is 10.7. The van der Waals surface area contributed by atoms with E-state index in [9.17, 15) is 18.7 Å². The van der Waals surface area contributed by atoms with Crippen molar-refractivity contribution in [2.45, 2.75) is 39.7 Å². The van der Waals surface area contributed by atoms with Crippen molar-refractivity contribution < 1.29 is 23.8 Å². The fraction of sp³-hybridized carbons (Fsp3) is 0.500. The number of rotatable bonds is 5. The zero-order valence-corrected chi connectivity index (χ0v) is 11.2. The zero-order chi connectivity index (χ0) is 14.8. The predicted octanol–water partition coefficient (Wildman–Crippen LogP) is 3.20. The van der Waals surface area contributed by atoms with Crippen LogP contribution in [0.5, 0.6) is 0 Å². The minimum atomic E-state index is -1.23. The molecule has 0 aromatic heterocycles. The van der Waals surface area contributed by atoms with Crippen LogP contribution in [0.2, 0.25) is 0 Å². The molecule has 0 saturated carbocycles. The molecule has 2 N–H and O–H groups in total. The number of carbonyl (C=O) groups is 1. The fourth-order valence-electron chi connectivity index (χ4n) is 2.03. The quantitative estimate of drug-likeness (QED) is 0.865. The van der Waals surface area contributed by atoms with Crippen LogP contribution < -0.4 is 0 Å². The lowest BCUT2D eigenvalue weighted by Crippen LogP contribution is -2.20. The van der Waals surface area contributed by atoms with E-state index in [1.807, 2.05) is 0 Å². The number of halogens is 2. The van der Waals surface area contributed by atoms with E-state index in [1.165, 1.54) is 6.92 Å². The molecule has 1 atom stereocenters. The summed E-state index contributed by atoms with van der Waals surface area (Å²) in [6.45, 7) is 4.75. The van der Waals surface area contributed by atoms with E-state index in [-0.39, 0.29) is 24.0 Å². The lowest BCUT2D eigenvalue weighted by molar-refractivity contribution is -0.139. The molecule has 106 valence electrons. The Hall–Kier alpha value is -1.49. The average molecular weight is 272 g/mol. The van der Waals surface area contributed by atoms with Gasteiger partial charge >= 0.3 is 5.97 Å². The standard InChI is InChI=1S/C14H18F2O3/c1-8-4-11(16)9(5-10(8)15)12(17)6-14(2,3)7-13(18)19/h4-5,12,17H,6-7H2,1-3H3,(H,18,19). The lowest BCUT2D eigenvalue weighted by atomic mass is 9.81. The number of hydrogen-bond acceptors (Lipinski definition) is 2. The summed E-state index contributed by atoms with van der Waals surface area (Å²) in [6.07, 6.45) is -1.34. The maximum atomic E-state index is 13.7. The van der Waals surface area contributed by atoms with E-state index in [0.29, 0.717) is 0 Å². The van der Waals surface area contributed by atoms with Gasteiger partial charge in [-0.25, -0.2) is 8.78 Å². The van der Waals surface area contributed by atoms with Crippen LogP contribution in [0.15, 0.2) is 12.1 Å². The number of aliphatic carboxylic acids is 1. The average Bonchev–Trinajstić information content (AvgIpc) is 2.20. The minimum absolute atomic E-state index is 0.0404. The van der Waals surface area contributed by atoms with Gasteiger partial charge in [-0.05, 0) is 36.5 Å². The van der Waals surface area contributed by atoms with Crippen LogP contribution >= 0.6 is 0 Å². The van der Waals surface area contributed by atoms with Gasteiger partial charge in [-0.2, -0.15) is 0 Å². The van der Waals surface area contributed by atoms with E-state index in [1.54, 1.807) is 13.8 Å². The zero-order valence-electron chi connectivity index (χ0n) is 11.2. The van der Waals surface area contributed by atoms with Crippen molar-refractivity contribution in [3.05, 3.63) is 34.9 Å². The molecule has 0 aliphatic carbocycles. The number of hydrogen-bond donors (Lipinski definition) is 2. The highest BCUT2D eigenvalue weighted by Gasteiger charge is 2.27. The Morgan fingerprint density at radius 3 is 2.42 bits per heavy atom. The molecule has 0 spiro atoms. The van der Waals surface area contributed by atoms with Crippen molar-refractivity contribution >= 4 is 5.97 Å². The Kier molecular flexibility index (Phi) is 4.63. The molecule has 19 heavy (non-hydrogen) atoms. The van der Waals surface area contributed by atoms with E-state index in [4.69, 9.17) is 5.11 Å². The molecular weight excluding hydrogens is 254 g/mol. The molecular formula is C14H18F2O3. The second-order valence-corrected chi connectivity index (χ2v) is 5.58. The van der Waals surface area contributed by atoms with E-state index in [0.717, 1.165) is 12.1 Å². The first-order chi connectivity index (χ1) is 8.62. The van der Waals surface area contributed by atoms with Gasteiger partial charge in [-0.15, -0.1) is 0 Å². The van der Waals surface area contributed by atoms with Crippen LogP contribution in [0.3, 0.4) is 0 Å².